The summed E-state index contributed by atoms with van der Waals surface area (Å²) in [5.41, 5.74) is 0.219. The standard InChI is InChI=1S/C10H7F3N2O/c11-10(12,13)8(6-14)9(16)15-7-4-2-1-3-5-7/h1-5,8H,(H,15,16). The predicted octanol–water partition coefficient (Wildman–Crippen LogP) is 2.33. The summed E-state index contributed by atoms with van der Waals surface area (Å²) in [5, 5.41) is 10.3. The summed E-state index contributed by atoms with van der Waals surface area (Å²) in [6.45, 7) is 0. The van der Waals surface area contributed by atoms with Crippen molar-refractivity contribution in [1.29, 1.82) is 5.26 Å². The minimum atomic E-state index is -4.85. The van der Waals surface area contributed by atoms with E-state index in [0.717, 1.165) is 6.07 Å². The van der Waals surface area contributed by atoms with Gasteiger partial charge in [-0.15, -0.1) is 0 Å². The van der Waals surface area contributed by atoms with Gasteiger partial charge in [0.15, 0.2) is 0 Å². The number of nitriles is 1. The Labute approximate surface area is 89.5 Å². The second kappa shape index (κ2) is 4.66. The van der Waals surface area contributed by atoms with E-state index in [1.807, 2.05) is 5.32 Å². The first-order valence-electron chi connectivity index (χ1n) is 4.27. The Morgan fingerprint density at radius 3 is 2.31 bits per heavy atom. The van der Waals surface area contributed by atoms with Gasteiger partial charge in [0.2, 0.25) is 5.92 Å². The first-order valence-corrected chi connectivity index (χ1v) is 4.27. The first-order chi connectivity index (χ1) is 7.45. The first kappa shape index (κ1) is 12.0. The molecule has 1 aromatic carbocycles. The predicted molar refractivity (Wildman–Crippen MR) is 50.2 cm³/mol. The molecule has 1 N–H and O–H groups in total. The summed E-state index contributed by atoms with van der Waals surface area (Å²) >= 11 is 0. The van der Waals surface area contributed by atoms with Crippen LogP contribution in [0.2, 0.25) is 0 Å². The normalized spacial score (nSPS) is 12.6. The van der Waals surface area contributed by atoms with Crippen molar-refractivity contribution in [2.45, 2.75) is 6.18 Å². The average Bonchev–Trinajstić information content (AvgIpc) is 2.17. The summed E-state index contributed by atoms with van der Waals surface area (Å²) in [6, 6.07) is 8.57. The minimum Gasteiger partial charge on any atom is -0.325 e. The highest BCUT2D eigenvalue weighted by atomic mass is 19.4. The van der Waals surface area contributed by atoms with Gasteiger partial charge < -0.3 is 5.32 Å². The number of halogens is 3. The Morgan fingerprint density at radius 1 is 1.31 bits per heavy atom. The Morgan fingerprint density at radius 2 is 1.88 bits per heavy atom. The van der Waals surface area contributed by atoms with Gasteiger partial charge in [0.05, 0.1) is 6.07 Å². The van der Waals surface area contributed by atoms with Crippen molar-refractivity contribution in [1.82, 2.24) is 0 Å². The van der Waals surface area contributed by atoms with Crippen LogP contribution < -0.4 is 5.32 Å². The van der Waals surface area contributed by atoms with Gasteiger partial charge in [0, 0.05) is 5.69 Å². The third-order valence-electron chi connectivity index (χ3n) is 1.76. The highest BCUT2D eigenvalue weighted by Crippen LogP contribution is 2.26. The molecule has 1 amide bonds. The second-order valence-electron chi connectivity index (χ2n) is 2.96. The van der Waals surface area contributed by atoms with E-state index >= 15 is 0 Å². The van der Waals surface area contributed by atoms with Crippen molar-refractivity contribution >= 4 is 11.6 Å². The van der Waals surface area contributed by atoms with Crippen LogP contribution in [-0.2, 0) is 4.79 Å². The molecule has 0 saturated heterocycles. The fourth-order valence-corrected chi connectivity index (χ4v) is 1.02. The van der Waals surface area contributed by atoms with Gasteiger partial charge in [0.25, 0.3) is 5.91 Å². The lowest BCUT2D eigenvalue weighted by atomic mass is 10.1. The molecule has 1 atom stereocenters. The smallest absolute Gasteiger partial charge is 0.325 e. The Kier molecular flexibility index (Phi) is 3.51. The molecule has 84 valence electrons. The second-order valence-corrected chi connectivity index (χ2v) is 2.96. The molecule has 0 aromatic heterocycles. The van der Waals surface area contributed by atoms with Crippen LogP contribution in [0.1, 0.15) is 0 Å². The van der Waals surface area contributed by atoms with Crippen LogP contribution in [0.5, 0.6) is 0 Å². The molecule has 1 rings (SSSR count). The number of nitrogens with zero attached hydrogens (tertiary/aromatic N) is 1. The molecule has 0 fully saturated rings. The summed E-state index contributed by atoms with van der Waals surface area (Å²) in [6.07, 6.45) is -4.85. The van der Waals surface area contributed by atoms with Crippen LogP contribution in [0.25, 0.3) is 0 Å². The molecule has 1 unspecified atom stereocenters. The number of rotatable bonds is 2. The summed E-state index contributed by atoms with van der Waals surface area (Å²) in [4.78, 5) is 11.1. The van der Waals surface area contributed by atoms with E-state index < -0.39 is 18.0 Å². The van der Waals surface area contributed by atoms with Crippen LogP contribution in [0.15, 0.2) is 30.3 Å². The highest BCUT2D eigenvalue weighted by molar-refractivity contribution is 5.94. The molecule has 1 aromatic rings. The van der Waals surface area contributed by atoms with Crippen molar-refractivity contribution in [3.63, 3.8) is 0 Å². The zero-order valence-corrected chi connectivity index (χ0v) is 7.95. The third kappa shape index (κ3) is 2.98. The summed E-state index contributed by atoms with van der Waals surface area (Å²) in [5.74, 6) is -4.02. The van der Waals surface area contributed by atoms with Crippen molar-refractivity contribution in [3.05, 3.63) is 30.3 Å². The number of carbonyl (C=O) groups excluding carboxylic acids is 1. The lowest BCUT2D eigenvalue weighted by Crippen LogP contribution is -2.33. The summed E-state index contributed by atoms with van der Waals surface area (Å²) < 4.78 is 36.6. The molecule has 0 bridgehead atoms. The summed E-state index contributed by atoms with van der Waals surface area (Å²) in [7, 11) is 0. The number of para-hydroxylation sites is 1. The van der Waals surface area contributed by atoms with E-state index in [2.05, 4.69) is 0 Å². The van der Waals surface area contributed by atoms with E-state index in [4.69, 9.17) is 5.26 Å². The number of nitrogens with one attached hydrogen (secondary N) is 1. The topological polar surface area (TPSA) is 52.9 Å². The van der Waals surface area contributed by atoms with Crippen molar-refractivity contribution in [2.75, 3.05) is 5.32 Å². The van der Waals surface area contributed by atoms with Gasteiger partial charge in [-0.3, -0.25) is 4.79 Å². The maximum Gasteiger partial charge on any atom is 0.413 e. The number of alkyl halides is 3. The highest BCUT2D eigenvalue weighted by Gasteiger charge is 2.45. The molecule has 3 nitrogen and oxygen atoms in total. The van der Waals surface area contributed by atoms with E-state index in [0.29, 0.717) is 0 Å². The lowest BCUT2D eigenvalue weighted by molar-refractivity contribution is -0.167. The fourth-order valence-electron chi connectivity index (χ4n) is 1.02. The molecule has 0 spiro atoms. The van der Waals surface area contributed by atoms with Crippen molar-refractivity contribution in [3.8, 4) is 6.07 Å². The zero-order valence-electron chi connectivity index (χ0n) is 7.95. The van der Waals surface area contributed by atoms with Crippen molar-refractivity contribution in [2.24, 2.45) is 5.92 Å². The molecule has 0 heterocycles. The number of hydrogen-bond acceptors (Lipinski definition) is 2. The minimum absolute atomic E-state index is 0.219. The average molecular weight is 228 g/mol. The van der Waals surface area contributed by atoms with E-state index in [1.165, 1.54) is 12.1 Å². The Balaban J connectivity index is 2.77. The van der Waals surface area contributed by atoms with Crippen LogP contribution in [0.4, 0.5) is 18.9 Å². The largest absolute Gasteiger partial charge is 0.413 e. The lowest BCUT2D eigenvalue weighted by Gasteiger charge is -2.12. The van der Waals surface area contributed by atoms with Crippen LogP contribution in [0.3, 0.4) is 0 Å². The van der Waals surface area contributed by atoms with E-state index in [-0.39, 0.29) is 5.69 Å². The maximum atomic E-state index is 12.2. The SMILES string of the molecule is N#CC(C(=O)Nc1ccccc1)C(F)(F)F. The van der Waals surface area contributed by atoms with Gasteiger partial charge in [0.1, 0.15) is 0 Å². The van der Waals surface area contributed by atoms with Gasteiger partial charge in [-0.1, -0.05) is 18.2 Å². The number of amides is 1. The molecular formula is C10H7F3N2O. The number of benzene rings is 1. The Hall–Kier alpha value is -2.03. The molecule has 0 aliphatic rings. The molecule has 6 heteroatoms. The van der Waals surface area contributed by atoms with Crippen LogP contribution >= 0.6 is 0 Å². The van der Waals surface area contributed by atoms with Gasteiger partial charge >= 0.3 is 6.18 Å². The monoisotopic (exact) mass is 228 g/mol. The van der Waals surface area contributed by atoms with Crippen LogP contribution in [-0.4, -0.2) is 12.1 Å². The number of carbonyl (C=O) groups is 1. The van der Waals surface area contributed by atoms with Crippen LogP contribution in [0, 0.1) is 17.2 Å². The Bertz CT molecular complexity index is 408. The van der Waals surface area contributed by atoms with Gasteiger partial charge in [-0.25, -0.2) is 0 Å². The number of hydrogen-bond donors (Lipinski definition) is 1. The molecule has 0 aliphatic heterocycles. The zero-order chi connectivity index (χ0) is 12.2. The molecule has 16 heavy (non-hydrogen) atoms. The maximum absolute atomic E-state index is 12.2. The molecular weight excluding hydrogens is 221 g/mol. The third-order valence-corrected chi connectivity index (χ3v) is 1.76. The van der Waals surface area contributed by atoms with Crippen molar-refractivity contribution < 1.29 is 18.0 Å². The van der Waals surface area contributed by atoms with E-state index in [9.17, 15) is 18.0 Å². The van der Waals surface area contributed by atoms with Gasteiger partial charge in [-0.2, -0.15) is 18.4 Å². The molecule has 0 aliphatic carbocycles. The fraction of sp³-hybridized carbons (Fsp3) is 0.200. The molecule has 0 radical (unpaired) electrons. The van der Waals surface area contributed by atoms with Gasteiger partial charge in [-0.05, 0) is 12.1 Å². The quantitative estimate of drug-likeness (QED) is 0.844. The van der Waals surface area contributed by atoms with E-state index in [1.54, 1.807) is 18.2 Å². The number of anilines is 1. The molecule has 0 saturated carbocycles.